The molecular weight excluding hydrogens is 316 g/mol. The quantitative estimate of drug-likeness (QED) is 0.439. The van der Waals surface area contributed by atoms with E-state index in [1.165, 1.54) is 11.1 Å². The summed E-state index contributed by atoms with van der Waals surface area (Å²) in [6.45, 7) is 0. The Bertz CT molecular complexity index is 861. The molecule has 0 bridgehead atoms. The monoisotopic (exact) mass is 334 g/mol. The van der Waals surface area contributed by atoms with Crippen LogP contribution in [0.3, 0.4) is 0 Å². The molecule has 2 N–H and O–H groups in total. The molecule has 0 saturated heterocycles. The van der Waals surface area contributed by atoms with Crippen LogP contribution in [0.4, 0.5) is 22.7 Å². The zero-order valence-corrected chi connectivity index (χ0v) is 14.2. The Balaban J connectivity index is 1.45. The molecule has 4 aromatic carbocycles. The maximum atomic E-state index is 3.40. The lowest BCUT2D eigenvalue weighted by molar-refractivity contribution is 1.53. The second-order valence-electron chi connectivity index (χ2n) is 5.98. The highest BCUT2D eigenvalue weighted by atomic mass is 14.9. The van der Waals surface area contributed by atoms with E-state index >= 15 is 0 Å². The number of hydrogen-bond acceptors (Lipinski definition) is 2. The van der Waals surface area contributed by atoms with Crippen molar-refractivity contribution >= 4 is 22.7 Å². The van der Waals surface area contributed by atoms with Crippen LogP contribution in [0.5, 0.6) is 0 Å². The van der Waals surface area contributed by atoms with Crippen LogP contribution in [0.2, 0.25) is 0 Å². The van der Waals surface area contributed by atoms with Crippen LogP contribution in [-0.4, -0.2) is 0 Å². The highest BCUT2D eigenvalue weighted by Gasteiger charge is 2.00. The van der Waals surface area contributed by atoms with Crippen LogP contribution in [0.1, 0.15) is 0 Å². The molecule has 0 heterocycles. The van der Waals surface area contributed by atoms with E-state index in [0.29, 0.717) is 0 Å². The second kappa shape index (κ2) is 7.46. The van der Waals surface area contributed by atoms with Crippen molar-refractivity contribution in [3.63, 3.8) is 0 Å². The molecule has 2 heteroatoms. The molecule has 4 aromatic rings. The van der Waals surface area contributed by atoms with Gasteiger partial charge < -0.3 is 10.6 Å². The third-order valence-electron chi connectivity index (χ3n) is 4.09. The van der Waals surface area contributed by atoms with E-state index in [0.717, 1.165) is 22.7 Å². The predicted molar refractivity (Wildman–Crippen MR) is 109 cm³/mol. The molecule has 0 aliphatic rings. The third-order valence-corrected chi connectivity index (χ3v) is 4.09. The van der Waals surface area contributed by atoms with Gasteiger partial charge in [0.15, 0.2) is 0 Å². The van der Waals surface area contributed by atoms with E-state index in [4.69, 9.17) is 0 Å². The SMILES string of the molecule is c1cccc(Nc2ccc(-c3ccc(Nc4ccccc4)cc3)cc2)c#1. The molecule has 26 heavy (non-hydrogen) atoms. The highest BCUT2D eigenvalue weighted by molar-refractivity contribution is 5.70. The van der Waals surface area contributed by atoms with E-state index in [-0.39, 0.29) is 0 Å². The topological polar surface area (TPSA) is 24.1 Å². The van der Waals surface area contributed by atoms with Crippen LogP contribution in [0.15, 0.2) is 97.1 Å². The van der Waals surface area contributed by atoms with Crippen molar-refractivity contribution in [1.29, 1.82) is 0 Å². The molecule has 4 rings (SSSR count). The second-order valence-corrected chi connectivity index (χ2v) is 5.98. The summed E-state index contributed by atoms with van der Waals surface area (Å²) >= 11 is 0. The summed E-state index contributed by atoms with van der Waals surface area (Å²) in [7, 11) is 0. The Labute approximate surface area is 154 Å². The van der Waals surface area contributed by atoms with Gasteiger partial charge in [0.05, 0.1) is 5.69 Å². The average molecular weight is 334 g/mol. The molecule has 0 amide bonds. The number of benzene rings is 3. The van der Waals surface area contributed by atoms with E-state index in [9.17, 15) is 0 Å². The molecule has 2 nitrogen and oxygen atoms in total. The Morgan fingerprint density at radius 3 is 1.65 bits per heavy atom. The largest absolute Gasteiger partial charge is 0.356 e. The summed E-state index contributed by atoms with van der Waals surface area (Å²) in [5, 5.41) is 6.72. The van der Waals surface area contributed by atoms with Gasteiger partial charge in [-0.15, -0.1) is 0 Å². The van der Waals surface area contributed by atoms with Gasteiger partial charge in [0, 0.05) is 17.1 Å². The number of hydrogen-bond donors (Lipinski definition) is 2. The van der Waals surface area contributed by atoms with E-state index < -0.39 is 0 Å². The van der Waals surface area contributed by atoms with Crippen molar-refractivity contribution in [3.05, 3.63) is 109 Å². The summed E-state index contributed by atoms with van der Waals surface area (Å²) in [5.41, 5.74) is 6.49. The Hall–Kier alpha value is -3.70. The first-order valence-electron chi connectivity index (χ1n) is 8.55. The fraction of sp³-hybridized carbons (Fsp3) is 0. The highest BCUT2D eigenvalue weighted by Crippen LogP contribution is 2.25. The first-order valence-corrected chi connectivity index (χ1v) is 8.55. The number of anilines is 4. The lowest BCUT2D eigenvalue weighted by Crippen LogP contribution is -1.90. The van der Waals surface area contributed by atoms with Gasteiger partial charge in [0.1, 0.15) is 0 Å². The molecule has 0 radical (unpaired) electrons. The third kappa shape index (κ3) is 3.85. The molecule has 0 atom stereocenters. The Morgan fingerprint density at radius 2 is 1.08 bits per heavy atom. The summed E-state index contributed by atoms with van der Waals surface area (Å²) in [5.74, 6) is 0. The minimum Gasteiger partial charge on any atom is -0.356 e. The Morgan fingerprint density at radius 1 is 0.500 bits per heavy atom. The normalized spacial score (nSPS) is 10.0. The number of para-hydroxylation sites is 1. The molecular formula is C24H18N2. The van der Waals surface area contributed by atoms with Crippen molar-refractivity contribution in [2.24, 2.45) is 0 Å². The minimum atomic E-state index is 0.914. The first kappa shape index (κ1) is 15.8. The minimum absolute atomic E-state index is 0.914. The van der Waals surface area contributed by atoms with Crippen molar-refractivity contribution in [1.82, 2.24) is 0 Å². The van der Waals surface area contributed by atoms with Gasteiger partial charge in [-0.05, 0) is 65.7 Å². The fourth-order valence-electron chi connectivity index (χ4n) is 2.76. The maximum Gasteiger partial charge on any atom is 0.0901 e. The fourth-order valence-corrected chi connectivity index (χ4v) is 2.76. The van der Waals surface area contributed by atoms with E-state index in [2.05, 4.69) is 83.4 Å². The lowest BCUT2D eigenvalue weighted by atomic mass is 10.0. The van der Waals surface area contributed by atoms with Crippen LogP contribution in [0.25, 0.3) is 11.1 Å². The molecule has 0 unspecified atom stereocenters. The van der Waals surface area contributed by atoms with Crippen LogP contribution >= 0.6 is 0 Å². The molecule has 0 fully saturated rings. The summed E-state index contributed by atoms with van der Waals surface area (Å²) in [6, 6.07) is 38.8. The van der Waals surface area contributed by atoms with Gasteiger partial charge in [-0.2, -0.15) is 0 Å². The van der Waals surface area contributed by atoms with Crippen LogP contribution in [-0.2, 0) is 0 Å². The van der Waals surface area contributed by atoms with Crippen molar-refractivity contribution < 1.29 is 0 Å². The van der Waals surface area contributed by atoms with Gasteiger partial charge in [-0.1, -0.05) is 54.6 Å². The number of rotatable bonds is 5. The predicted octanol–water partition coefficient (Wildman–Crippen LogP) is 6.44. The van der Waals surface area contributed by atoms with Crippen LogP contribution < -0.4 is 10.6 Å². The summed E-state index contributed by atoms with van der Waals surface area (Å²) < 4.78 is 0. The smallest absolute Gasteiger partial charge is 0.0901 e. The van der Waals surface area contributed by atoms with Gasteiger partial charge in [0.2, 0.25) is 0 Å². The summed E-state index contributed by atoms with van der Waals surface area (Å²) in [4.78, 5) is 0. The molecule has 0 spiro atoms. The molecule has 0 aromatic heterocycles. The molecule has 0 aliphatic heterocycles. The van der Waals surface area contributed by atoms with E-state index in [1.807, 2.05) is 36.4 Å². The van der Waals surface area contributed by atoms with Crippen molar-refractivity contribution in [2.45, 2.75) is 0 Å². The molecule has 0 saturated carbocycles. The zero-order chi connectivity index (χ0) is 17.6. The van der Waals surface area contributed by atoms with Crippen molar-refractivity contribution in [2.75, 3.05) is 10.6 Å². The Kier molecular flexibility index (Phi) is 4.54. The van der Waals surface area contributed by atoms with Crippen LogP contribution in [0, 0.1) is 12.1 Å². The van der Waals surface area contributed by atoms with Gasteiger partial charge in [-0.25, -0.2) is 0 Å². The van der Waals surface area contributed by atoms with Gasteiger partial charge in [-0.3, -0.25) is 0 Å². The maximum absolute atomic E-state index is 3.40. The van der Waals surface area contributed by atoms with Gasteiger partial charge >= 0.3 is 0 Å². The zero-order valence-electron chi connectivity index (χ0n) is 14.2. The number of nitrogens with one attached hydrogen (secondary N) is 2. The lowest BCUT2D eigenvalue weighted by Gasteiger charge is -2.09. The summed E-state index contributed by atoms with van der Waals surface area (Å²) in [6.07, 6.45) is 0. The average Bonchev–Trinajstić information content (AvgIpc) is 2.71. The van der Waals surface area contributed by atoms with E-state index in [1.54, 1.807) is 0 Å². The first-order chi connectivity index (χ1) is 12.9. The molecule has 0 aliphatic carbocycles. The van der Waals surface area contributed by atoms with Crippen molar-refractivity contribution in [3.8, 4) is 11.1 Å². The standard InChI is InChI=1S/C24H18N2/c1-3-7-21(8-4-1)25-23-15-11-19(12-16-23)20-13-17-24(18-14-20)26-22-9-5-2-6-10-22/h1-5,7-9,11-18,25-26H. The molecule has 124 valence electrons. The van der Waals surface area contributed by atoms with Gasteiger partial charge in [0.25, 0.3) is 0 Å².